The zero-order valence-corrected chi connectivity index (χ0v) is 12.7. The highest BCUT2D eigenvalue weighted by Crippen LogP contribution is 2.28. The van der Waals surface area contributed by atoms with Crippen LogP contribution in [-0.4, -0.2) is 21.5 Å². The summed E-state index contributed by atoms with van der Waals surface area (Å²) in [6.07, 6.45) is 4.52. The molecule has 1 unspecified atom stereocenters. The molecule has 1 heterocycles. The van der Waals surface area contributed by atoms with Crippen molar-refractivity contribution in [1.82, 2.24) is 9.78 Å². The van der Waals surface area contributed by atoms with Gasteiger partial charge in [0.25, 0.3) is 0 Å². The van der Waals surface area contributed by atoms with Gasteiger partial charge < -0.3 is 10.4 Å². The first kappa shape index (κ1) is 15.2. The second-order valence-corrected chi connectivity index (χ2v) is 5.31. The number of rotatable bonds is 6. The van der Waals surface area contributed by atoms with Crippen LogP contribution in [0.5, 0.6) is 0 Å². The predicted molar refractivity (Wildman–Crippen MR) is 82.4 cm³/mol. The Morgan fingerprint density at radius 3 is 2.80 bits per heavy atom. The highest BCUT2D eigenvalue weighted by molar-refractivity contribution is 6.42. The molecule has 0 spiro atoms. The van der Waals surface area contributed by atoms with Crippen molar-refractivity contribution < 1.29 is 5.11 Å². The van der Waals surface area contributed by atoms with Gasteiger partial charge in [-0.25, -0.2) is 0 Å². The van der Waals surface area contributed by atoms with Gasteiger partial charge in [-0.15, -0.1) is 0 Å². The first-order valence-corrected chi connectivity index (χ1v) is 7.24. The van der Waals surface area contributed by atoms with Gasteiger partial charge in [0.1, 0.15) is 0 Å². The van der Waals surface area contributed by atoms with Crippen molar-refractivity contribution in [3.8, 4) is 0 Å². The molecule has 1 aromatic heterocycles. The molecule has 6 heteroatoms. The van der Waals surface area contributed by atoms with Gasteiger partial charge in [-0.1, -0.05) is 36.2 Å². The number of nitrogens with zero attached hydrogens (tertiary/aromatic N) is 2. The average Bonchev–Trinajstić information content (AvgIpc) is 2.87. The molecule has 2 rings (SSSR count). The van der Waals surface area contributed by atoms with E-state index in [1.54, 1.807) is 16.9 Å². The number of benzene rings is 1. The number of halogens is 2. The minimum atomic E-state index is 0.0745. The van der Waals surface area contributed by atoms with Crippen LogP contribution in [0.15, 0.2) is 30.6 Å². The first-order valence-electron chi connectivity index (χ1n) is 6.48. The zero-order valence-electron chi connectivity index (χ0n) is 11.2. The highest BCUT2D eigenvalue weighted by Gasteiger charge is 2.11. The first-order chi connectivity index (χ1) is 9.63. The lowest BCUT2D eigenvalue weighted by Gasteiger charge is -2.18. The summed E-state index contributed by atoms with van der Waals surface area (Å²) >= 11 is 12.0. The number of nitrogens with one attached hydrogen (secondary N) is 1. The molecule has 20 heavy (non-hydrogen) atoms. The van der Waals surface area contributed by atoms with E-state index in [9.17, 15) is 0 Å². The molecular formula is C14H17Cl2N3O. The van der Waals surface area contributed by atoms with Gasteiger partial charge in [-0.3, -0.25) is 4.68 Å². The molecule has 0 aliphatic heterocycles. The maximum atomic E-state index is 8.88. The second kappa shape index (κ2) is 6.97. The minimum Gasteiger partial charge on any atom is -0.394 e. The third-order valence-electron chi connectivity index (χ3n) is 3.06. The fraction of sp³-hybridized carbons (Fsp3) is 0.357. The van der Waals surface area contributed by atoms with Crippen LogP contribution in [0.3, 0.4) is 0 Å². The molecule has 0 bridgehead atoms. The van der Waals surface area contributed by atoms with Crippen LogP contribution < -0.4 is 5.32 Å². The molecule has 2 N–H and O–H groups in total. The van der Waals surface area contributed by atoms with E-state index in [0.29, 0.717) is 16.6 Å². The van der Waals surface area contributed by atoms with Gasteiger partial charge in [-0.05, 0) is 24.1 Å². The Bertz CT molecular complexity index is 571. The third kappa shape index (κ3) is 3.66. The summed E-state index contributed by atoms with van der Waals surface area (Å²) in [5.41, 5.74) is 1.99. The lowest BCUT2D eigenvalue weighted by Crippen LogP contribution is -2.09. The molecule has 1 atom stereocenters. The Hall–Kier alpha value is -1.23. The fourth-order valence-corrected chi connectivity index (χ4v) is 2.32. The summed E-state index contributed by atoms with van der Waals surface area (Å²) in [4.78, 5) is 0. The fourth-order valence-electron chi connectivity index (χ4n) is 2.01. The summed E-state index contributed by atoms with van der Waals surface area (Å²) in [6.45, 7) is 2.66. The van der Waals surface area contributed by atoms with Crippen LogP contribution in [0.2, 0.25) is 10.0 Å². The average molecular weight is 314 g/mol. The van der Waals surface area contributed by atoms with Gasteiger partial charge in [0.05, 0.1) is 41.1 Å². The second-order valence-electron chi connectivity index (χ2n) is 4.49. The maximum absolute atomic E-state index is 8.88. The topological polar surface area (TPSA) is 50.1 Å². The Labute approximate surface area is 128 Å². The lowest BCUT2D eigenvalue weighted by atomic mass is 10.0. The van der Waals surface area contributed by atoms with Crippen molar-refractivity contribution in [2.75, 3.05) is 11.9 Å². The van der Waals surface area contributed by atoms with Gasteiger partial charge in [0.15, 0.2) is 0 Å². The number of hydrogen-bond donors (Lipinski definition) is 2. The minimum absolute atomic E-state index is 0.0745. The van der Waals surface area contributed by atoms with E-state index in [-0.39, 0.29) is 12.6 Å². The summed E-state index contributed by atoms with van der Waals surface area (Å²) in [6, 6.07) is 5.78. The van der Waals surface area contributed by atoms with Crippen LogP contribution in [0, 0.1) is 0 Å². The van der Waals surface area contributed by atoms with Crippen molar-refractivity contribution in [3.63, 3.8) is 0 Å². The van der Waals surface area contributed by atoms with Gasteiger partial charge in [-0.2, -0.15) is 5.10 Å². The molecule has 0 amide bonds. The molecule has 4 nitrogen and oxygen atoms in total. The molecule has 0 saturated carbocycles. The number of anilines is 1. The Kier molecular flexibility index (Phi) is 5.29. The maximum Gasteiger partial charge on any atom is 0.0731 e. The van der Waals surface area contributed by atoms with Crippen molar-refractivity contribution in [2.24, 2.45) is 0 Å². The molecule has 0 aliphatic carbocycles. The molecular weight excluding hydrogens is 297 g/mol. The Balaban J connectivity index is 2.13. The number of aromatic nitrogens is 2. The van der Waals surface area contributed by atoms with E-state index in [0.717, 1.165) is 17.7 Å². The van der Waals surface area contributed by atoms with E-state index in [2.05, 4.69) is 17.3 Å². The van der Waals surface area contributed by atoms with Crippen LogP contribution in [-0.2, 0) is 6.54 Å². The SMILES string of the molecule is CCC(Nc1cnn(CCO)c1)c1ccc(Cl)c(Cl)c1. The molecule has 108 valence electrons. The normalized spacial score (nSPS) is 12.4. The standard InChI is InChI=1S/C14H17Cl2N3O/c1-2-14(10-3-4-12(15)13(16)7-10)18-11-8-17-19(9-11)5-6-20/h3-4,7-9,14,18,20H,2,5-6H2,1H3. The van der Waals surface area contributed by atoms with Crippen LogP contribution >= 0.6 is 23.2 Å². The number of aliphatic hydroxyl groups is 1. The van der Waals surface area contributed by atoms with E-state index >= 15 is 0 Å². The third-order valence-corrected chi connectivity index (χ3v) is 3.80. The molecule has 0 saturated heterocycles. The van der Waals surface area contributed by atoms with Crippen LogP contribution in [0.1, 0.15) is 24.9 Å². The van der Waals surface area contributed by atoms with E-state index < -0.39 is 0 Å². The monoisotopic (exact) mass is 313 g/mol. The summed E-state index contributed by atoms with van der Waals surface area (Å²) in [5, 5.41) is 17.6. The van der Waals surface area contributed by atoms with Gasteiger partial charge in [0.2, 0.25) is 0 Å². The molecule has 1 aromatic carbocycles. The van der Waals surface area contributed by atoms with Crippen molar-refractivity contribution in [1.29, 1.82) is 0 Å². The van der Waals surface area contributed by atoms with Gasteiger partial charge in [0, 0.05) is 6.20 Å². The van der Waals surface area contributed by atoms with E-state index in [4.69, 9.17) is 28.3 Å². The lowest BCUT2D eigenvalue weighted by molar-refractivity contribution is 0.269. The van der Waals surface area contributed by atoms with Crippen molar-refractivity contribution >= 4 is 28.9 Å². The van der Waals surface area contributed by atoms with E-state index in [1.165, 1.54) is 0 Å². The smallest absolute Gasteiger partial charge is 0.0731 e. The molecule has 0 aliphatic rings. The van der Waals surface area contributed by atoms with Crippen molar-refractivity contribution in [2.45, 2.75) is 25.9 Å². The summed E-state index contributed by atoms with van der Waals surface area (Å²) in [7, 11) is 0. The van der Waals surface area contributed by atoms with Crippen molar-refractivity contribution in [3.05, 3.63) is 46.2 Å². The Morgan fingerprint density at radius 1 is 1.35 bits per heavy atom. The molecule has 0 radical (unpaired) electrons. The van der Waals surface area contributed by atoms with Gasteiger partial charge >= 0.3 is 0 Å². The molecule has 2 aromatic rings. The quantitative estimate of drug-likeness (QED) is 0.854. The largest absolute Gasteiger partial charge is 0.394 e. The van der Waals surface area contributed by atoms with Crippen LogP contribution in [0.4, 0.5) is 5.69 Å². The highest BCUT2D eigenvalue weighted by atomic mass is 35.5. The summed E-state index contributed by atoms with van der Waals surface area (Å²) < 4.78 is 1.70. The predicted octanol–water partition coefficient (Wildman–Crippen LogP) is 3.75. The Morgan fingerprint density at radius 2 is 2.15 bits per heavy atom. The van der Waals surface area contributed by atoms with E-state index in [1.807, 2.05) is 18.3 Å². The van der Waals surface area contributed by atoms with Crippen LogP contribution in [0.25, 0.3) is 0 Å². The zero-order chi connectivity index (χ0) is 14.5. The summed E-state index contributed by atoms with van der Waals surface area (Å²) in [5.74, 6) is 0. The number of hydrogen-bond acceptors (Lipinski definition) is 3. The number of aliphatic hydroxyl groups excluding tert-OH is 1. The molecule has 0 fully saturated rings.